The van der Waals surface area contributed by atoms with Gasteiger partial charge in [0.05, 0.1) is 11.5 Å². The van der Waals surface area contributed by atoms with Gasteiger partial charge in [0.2, 0.25) is 0 Å². The molecule has 3 aromatic carbocycles. The molecule has 0 unspecified atom stereocenters. The fourth-order valence-electron chi connectivity index (χ4n) is 3.49. The first kappa shape index (κ1) is 22.3. The van der Waals surface area contributed by atoms with Crippen LogP contribution in [0.15, 0.2) is 71.6 Å². The Morgan fingerprint density at radius 1 is 1.03 bits per heavy atom. The number of nitrogens with one attached hydrogen (secondary N) is 1. The molecule has 1 aromatic heterocycles. The van der Waals surface area contributed by atoms with Crippen LogP contribution in [0.2, 0.25) is 5.02 Å². The standard InChI is InChI=1S/C24H20ClNO4S2/c1-3-30-24(27)22-21(17-8-11-19(25)12-9-17)15(2)31-23(22)26-32(28,29)20-13-10-16-6-4-5-7-18(16)14-20/h4-14,26H,3H2,1-2H3. The van der Waals surface area contributed by atoms with Crippen LogP contribution in [-0.2, 0) is 14.8 Å². The van der Waals surface area contributed by atoms with Gasteiger partial charge >= 0.3 is 5.97 Å². The number of sulfonamides is 1. The summed E-state index contributed by atoms with van der Waals surface area (Å²) in [6, 6.07) is 19.5. The lowest BCUT2D eigenvalue weighted by atomic mass is 10.0. The van der Waals surface area contributed by atoms with Gasteiger partial charge in [0.25, 0.3) is 10.0 Å². The Morgan fingerprint density at radius 3 is 2.41 bits per heavy atom. The van der Waals surface area contributed by atoms with E-state index in [2.05, 4.69) is 4.72 Å². The number of benzene rings is 3. The lowest BCUT2D eigenvalue weighted by Gasteiger charge is -2.11. The fourth-order valence-corrected chi connectivity index (χ4v) is 6.02. The van der Waals surface area contributed by atoms with E-state index in [-0.39, 0.29) is 22.1 Å². The first-order chi connectivity index (χ1) is 15.3. The molecule has 0 aliphatic rings. The first-order valence-corrected chi connectivity index (χ1v) is 12.6. The molecular formula is C24H20ClNO4S2. The van der Waals surface area contributed by atoms with Crippen LogP contribution in [0.5, 0.6) is 0 Å². The monoisotopic (exact) mass is 485 g/mol. The molecule has 32 heavy (non-hydrogen) atoms. The molecule has 0 radical (unpaired) electrons. The van der Waals surface area contributed by atoms with Gasteiger partial charge < -0.3 is 4.74 Å². The van der Waals surface area contributed by atoms with Crippen LogP contribution in [0.4, 0.5) is 5.00 Å². The average Bonchev–Trinajstić information content (AvgIpc) is 3.09. The van der Waals surface area contributed by atoms with Crippen LogP contribution in [0.3, 0.4) is 0 Å². The minimum absolute atomic E-state index is 0.116. The number of ether oxygens (including phenoxy) is 1. The van der Waals surface area contributed by atoms with E-state index in [4.69, 9.17) is 16.3 Å². The largest absolute Gasteiger partial charge is 0.462 e. The summed E-state index contributed by atoms with van der Waals surface area (Å²) in [5.74, 6) is -0.585. The Kier molecular flexibility index (Phi) is 6.24. The van der Waals surface area contributed by atoms with Crippen LogP contribution >= 0.6 is 22.9 Å². The highest BCUT2D eigenvalue weighted by Crippen LogP contribution is 2.41. The number of halogens is 1. The molecule has 4 aromatic rings. The highest BCUT2D eigenvalue weighted by Gasteiger charge is 2.27. The molecule has 0 bridgehead atoms. The van der Waals surface area contributed by atoms with E-state index < -0.39 is 16.0 Å². The van der Waals surface area contributed by atoms with Crippen molar-refractivity contribution in [1.82, 2.24) is 0 Å². The van der Waals surface area contributed by atoms with E-state index in [1.54, 1.807) is 49.4 Å². The quantitative estimate of drug-likeness (QED) is 0.316. The number of hydrogen-bond acceptors (Lipinski definition) is 5. The van der Waals surface area contributed by atoms with E-state index in [0.29, 0.717) is 10.6 Å². The molecule has 0 fully saturated rings. The molecule has 0 saturated heterocycles. The topological polar surface area (TPSA) is 72.5 Å². The number of rotatable bonds is 6. The molecule has 0 aliphatic carbocycles. The lowest BCUT2D eigenvalue weighted by molar-refractivity contribution is 0.0529. The number of carbonyl (C=O) groups excluding carboxylic acids is 1. The molecule has 4 rings (SSSR count). The van der Waals surface area contributed by atoms with Crippen LogP contribution in [0.25, 0.3) is 21.9 Å². The molecule has 8 heteroatoms. The molecule has 5 nitrogen and oxygen atoms in total. The third kappa shape index (κ3) is 4.37. The van der Waals surface area contributed by atoms with Crippen molar-refractivity contribution in [1.29, 1.82) is 0 Å². The maximum absolute atomic E-state index is 13.2. The molecule has 1 N–H and O–H groups in total. The van der Waals surface area contributed by atoms with E-state index in [1.807, 2.05) is 31.2 Å². The summed E-state index contributed by atoms with van der Waals surface area (Å²) in [5.41, 5.74) is 1.57. The molecular weight excluding hydrogens is 466 g/mol. The predicted molar refractivity (Wildman–Crippen MR) is 130 cm³/mol. The third-order valence-electron chi connectivity index (χ3n) is 4.96. The number of esters is 1. The minimum Gasteiger partial charge on any atom is -0.462 e. The van der Waals surface area contributed by atoms with E-state index in [9.17, 15) is 13.2 Å². The van der Waals surface area contributed by atoms with Gasteiger partial charge in [-0.2, -0.15) is 0 Å². The maximum atomic E-state index is 13.2. The molecule has 0 amide bonds. The molecule has 0 saturated carbocycles. The second kappa shape index (κ2) is 8.94. The predicted octanol–water partition coefficient (Wildman–Crippen LogP) is 6.51. The smallest absolute Gasteiger partial charge is 0.341 e. The van der Waals surface area contributed by atoms with Crippen molar-refractivity contribution >= 4 is 54.7 Å². The number of fused-ring (bicyclic) bond motifs is 1. The molecule has 0 spiro atoms. The minimum atomic E-state index is -3.94. The second-order valence-corrected chi connectivity index (χ2v) is 10.4. The molecule has 164 valence electrons. The maximum Gasteiger partial charge on any atom is 0.341 e. The number of aryl methyl sites for hydroxylation is 1. The molecule has 0 aliphatic heterocycles. The number of thiophene rings is 1. The van der Waals surface area contributed by atoms with Crippen molar-refractivity contribution in [3.63, 3.8) is 0 Å². The Balaban J connectivity index is 1.80. The van der Waals surface area contributed by atoms with Gasteiger partial charge in [0, 0.05) is 15.5 Å². The van der Waals surface area contributed by atoms with Gasteiger partial charge in [-0.1, -0.05) is 54.1 Å². The third-order valence-corrected chi connectivity index (χ3v) is 7.70. The zero-order valence-electron chi connectivity index (χ0n) is 17.4. The fraction of sp³-hybridized carbons (Fsp3) is 0.125. The summed E-state index contributed by atoms with van der Waals surface area (Å²) in [6.07, 6.45) is 0. The molecule has 1 heterocycles. The van der Waals surface area contributed by atoms with Gasteiger partial charge in [-0.25, -0.2) is 13.2 Å². The summed E-state index contributed by atoms with van der Waals surface area (Å²) in [4.78, 5) is 13.8. The average molecular weight is 486 g/mol. The van der Waals surface area contributed by atoms with Crippen molar-refractivity contribution in [3.8, 4) is 11.1 Å². The Morgan fingerprint density at radius 2 is 1.72 bits per heavy atom. The lowest BCUT2D eigenvalue weighted by Crippen LogP contribution is -2.15. The summed E-state index contributed by atoms with van der Waals surface area (Å²) in [7, 11) is -3.94. The Bertz CT molecular complexity index is 1410. The van der Waals surface area contributed by atoms with E-state index >= 15 is 0 Å². The second-order valence-electron chi connectivity index (χ2n) is 7.08. The zero-order chi connectivity index (χ0) is 22.9. The summed E-state index contributed by atoms with van der Waals surface area (Å²) < 4.78 is 34.3. The van der Waals surface area contributed by atoms with Crippen LogP contribution < -0.4 is 4.72 Å². The van der Waals surface area contributed by atoms with Crippen LogP contribution in [-0.4, -0.2) is 21.0 Å². The highest BCUT2D eigenvalue weighted by atomic mass is 35.5. The summed E-state index contributed by atoms with van der Waals surface area (Å²) in [6.45, 7) is 3.72. The van der Waals surface area contributed by atoms with Crippen molar-refractivity contribution in [2.75, 3.05) is 11.3 Å². The van der Waals surface area contributed by atoms with E-state index in [0.717, 1.165) is 21.2 Å². The van der Waals surface area contributed by atoms with Crippen molar-refractivity contribution in [2.24, 2.45) is 0 Å². The van der Waals surface area contributed by atoms with Crippen LogP contribution in [0.1, 0.15) is 22.2 Å². The van der Waals surface area contributed by atoms with Crippen molar-refractivity contribution in [3.05, 3.63) is 82.2 Å². The van der Waals surface area contributed by atoms with Crippen molar-refractivity contribution in [2.45, 2.75) is 18.7 Å². The SMILES string of the molecule is CCOC(=O)c1c(NS(=O)(=O)c2ccc3ccccc3c2)sc(C)c1-c1ccc(Cl)cc1. The summed E-state index contributed by atoms with van der Waals surface area (Å²) in [5, 5.41) is 2.54. The van der Waals surface area contributed by atoms with Gasteiger partial charge in [-0.05, 0) is 54.4 Å². The van der Waals surface area contributed by atoms with E-state index in [1.165, 1.54) is 11.3 Å². The normalized spacial score (nSPS) is 11.5. The number of carbonyl (C=O) groups is 1. The highest BCUT2D eigenvalue weighted by molar-refractivity contribution is 7.93. The van der Waals surface area contributed by atoms with Crippen LogP contribution in [0, 0.1) is 6.92 Å². The zero-order valence-corrected chi connectivity index (χ0v) is 19.8. The Labute approximate surface area is 195 Å². The van der Waals surface area contributed by atoms with Gasteiger partial charge in [-0.3, -0.25) is 4.72 Å². The first-order valence-electron chi connectivity index (χ1n) is 9.88. The number of hydrogen-bond donors (Lipinski definition) is 1. The summed E-state index contributed by atoms with van der Waals surface area (Å²) >= 11 is 7.21. The van der Waals surface area contributed by atoms with Gasteiger partial charge in [0.1, 0.15) is 10.6 Å². The van der Waals surface area contributed by atoms with Crippen molar-refractivity contribution < 1.29 is 17.9 Å². The Hall–Kier alpha value is -2.87. The van der Waals surface area contributed by atoms with Gasteiger partial charge in [-0.15, -0.1) is 11.3 Å². The van der Waals surface area contributed by atoms with Gasteiger partial charge in [0.15, 0.2) is 0 Å². The molecule has 0 atom stereocenters. The number of anilines is 1.